The lowest BCUT2D eigenvalue weighted by molar-refractivity contribution is -0.126. The number of fused-ring (bicyclic) bond motifs is 1. The lowest BCUT2D eigenvalue weighted by Crippen LogP contribution is -2.49. The van der Waals surface area contributed by atoms with E-state index in [2.05, 4.69) is 5.32 Å². The maximum absolute atomic E-state index is 13.2. The molecular weight excluding hydrogens is 358 g/mol. The first-order chi connectivity index (χ1) is 13.2. The summed E-state index contributed by atoms with van der Waals surface area (Å²) in [5, 5.41) is 2.61. The first-order valence-electron chi connectivity index (χ1n) is 9.82. The summed E-state index contributed by atoms with van der Waals surface area (Å²) in [7, 11) is 1.58. The molecule has 3 rings (SSSR count). The molecule has 152 valence electrons. The SMILES string of the molecule is CNC(=O)CC1C(=O)N(C2CCN(C(=O)OC(C)(C)C)CC2)c2ccccc21. The second-order valence-electron chi connectivity index (χ2n) is 8.40. The molecule has 2 heterocycles. The summed E-state index contributed by atoms with van der Waals surface area (Å²) in [6.45, 7) is 6.65. The van der Waals surface area contributed by atoms with Crippen LogP contribution in [0, 0.1) is 0 Å². The first-order valence-corrected chi connectivity index (χ1v) is 9.82. The van der Waals surface area contributed by atoms with E-state index >= 15 is 0 Å². The van der Waals surface area contributed by atoms with Gasteiger partial charge in [-0.25, -0.2) is 4.79 Å². The van der Waals surface area contributed by atoms with Crippen molar-refractivity contribution in [2.45, 2.75) is 57.6 Å². The molecule has 1 atom stereocenters. The smallest absolute Gasteiger partial charge is 0.410 e. The van der Waals surface area contributed by atoms with Crippen LogP contribution in [0.1, 0.15) is 51.5 Å². The van der Waals surface area contributed by atoms with Crippen molar-refractivity contribution in [1.29, 1.82) is 0 Å². The monoisotopic (exact) mass is 387 g/mol. The molecule has 7 heteroatoms. The third-order valence-electron chi connectivity index (χ3n) is 5.26. The number of rotatable bonds is 3. The Hall–Kier alpha value is -2.57. The van der Waals surface area contributed by atoms with Crippen molar-refractivity contribution in [2.75, 3.05) is 25.0 Å². The van der Waals surface area contributed by atoms with Gasteiger partial charge < -0.3 is 19.9 Å². The molecule has 7 nitrogen and oxygen atoms in total. The van der Waals surface area contributed by atoms with Crippen LogP contribution in [-0.2, 0) is 14.3 Å². The van der Waals surface area contributed by atoms with Crippen LogP contribution in [0.25, 0.3) is 0 Å². The average Bonchev–Trinajstić information content (AvgIpc) is 2.92. The number of anilines is 1. The van der Waals surface area contributed by atoms with Crippen LogP contribution in [0.4, 0.5) is 10.5 Å². The Morgan fingerprint density at radius 2 is 1.82 bits per heavy atom. The molecule has 2 aliphatic rings. The Bertz CT molecular complexity index is 763. The Labute approximate surface area is 166 Å². The number of carbonyl (C=O) groups is 3. The molecule has 2 aliphatic heterocycles. The Balaban J connectivity index is 1.72. The standard InChI is InChI=1S/C21H29N3O4/c1-21(2,3)28-20(27)23-11-9-14(10-12-23)24-17-8-6-5-7-15(17)16(19(24)26)13-18(25)22-4/h5-8,14,16H,9-13H2,1-4H3,(H,22,25). The van der Waals surface area contributed by atoms with Crippen LogP contribution >= 0.6 is 0 Å². The van der Waals surface area contributed by atoms with Gasteiger partial charge in [0.05, 0.1) is 5.92 Å². The number of carbonyl (C=O) groups excluding carboxylic acids is 3. The van der Waals surface area contributed by atoms with E-state index in [0.29, 0.717) is 25.9 Å². The molecule has 1 aromatic carbocycles. The van der Waals surface area contributed by atoms with Gasteiger partial charge in [-0.2, -0.15) is 0 Å². The molecule has 1 aromatic rings. The summed E-state index contributed by atoms with van der Waals surface area (Å²) in [6.07, 6.45) is 1.22. The van der Waals surface area contributed by atoms with Gasteiger partial charge in [-0.3, -0.25) is 9.59 Å². The first kappa shape index (κ1) is 20.2. The zero-order chi connectivity index (χ0) is 20.5. The van der Waals surface area contributed by atoms with E-state index in [1.807, 2.05) is 49.9 Å². The van der Waals surface area contributed by atoms with E-state index in [0.717, 1.165) is 11.3 Å². The molecular formula is C21H29N3O4. The van der Waals surface area contributed by atoms with Gasteiger partial charge in [-0.1, -0.05) is 18.2 Å². The maximum atomic E-state index is 13.2. The van der Waals surface area contributed by atoms with Crippen molar-refractivity contribution in [3.05, 3.63) is 29.8 Å². The second kappa shape index (κ2) is 7.81. The van der Waals surface area contributed by atoms with Crippen LogP contribution in [0.15, 0.2) is 24.3 Å². The Kier molecular flexibility index (Phi) is 5.63. The lowest BCUT2D eigenvalue weighted by Gasteiger charge is -2.37. The molecule has 28 heavy (non-hydrogen) atoms. The number of nitrogens with one attached hydrogen (secondary N) is 1. The molecule has 0 aromatic heterocycles. The highest BCUT2D eigenvalue weighted by atomic mass is 16.6. The van der Waals surface area contributed by atoms with Gasteiger partial charge in [0.2, 0.25) is 11.8 Å². The van der Waals surface area contributed by atoms with Crippen molar-refractivity contribution in [3.8, 4) is 0 Å². The predicted octanol–water partition coefficient (Wildman–Crippen LogP) is 2.65. The fraction of sp³-hybridized carbons (Fsp3) is 0.571. The molecule has 3 amide bonds. The molecule has 0 aliphatic carbocycles. The van der Waals surface area contributed by atoms with Crippen molar-refractivity contribution in [2.24, 2.45) is 0 Å². The summed E-state index contributed by atoms with van der Waals surface area (Å²) in [5.41, 5.74) is 1.27. The van der Waals surface area contributed by atoms with Gasteiger partial charge >= 0.3 is 6.09 Å². The van der Waals surface area contributed by atoms with E-state index in [4.69, 9.17) is 4.74 Å². The van der Waals surface area contributed by atoms with Crippen molar-refractivity contribution < 1.29 is 19.1 Å². The Morgan fingerprint density at radius 3 is 2.43 bits per heavy atom. The van der Waals surface area contributed by atoms with E-state index in [1.54, 1.807) is 11.9 Å². The third kappa shape index (κ3) is 4.13. The zero-order valence-electron chi connectivity index (χ0n) is 17.0. The molecule has 0 spiro atoms. The maximum Gasteiger partial charge on any atom is 0.410 e. The number of para-hydroxylation sites is 1. The minimum Gasteiger partial charge on any atom is -0.444 e. The molecule has 1 N–H and O–H groups in total. The molecule has 0 bridgehead atoms. The van der Waals surface area contributed by atoms with Gasteiger partial charge in [0.15, 0.2) is 0 Å². The number of likely N-dealkylation sites (tertiary alicyclic amines) is 1. The minimum absolute atomic E-state index is 0.0158. The van der Waals surface area contributed by atoms with Crippen LogP contribution in [0.5, 0.6) is 0 Å². The van der Waals surface area contributed by atoms with E-state index in [1.165, 1.54) is 0 Å². The van der Waals surface area contributed by atoms with Gasteiger partial charge in [0, 0.05) is 38.3 Å². The average molecular weight is 387 g/mol. The largest absolute Gasteiger partial charge is 0.444 e. The number of piperidine rings is 1. The topological polar surface area (TPSA) is 79.0 Å². The molecule has 1 unspecified atom stereocenters. The predicted molar refractivity (Wildman–Crippen MR) is 106 cm³/mol. The van der Waals surface area contributed by atoms with Crippen molar-refractivity contribution >= 4 is 23.6 Å². The summed E-state index contributed by atoms with van der Waals surface area (Å²) in [6, 6.07) is 7.70. The van der Waals surface area contributed by atoms with Crippen LogP contribution < -0.4 is 10.2 Å². The van der Waals surface area contributed by atoms with E-state index in [-0.39, 0.29) is 30.4 Å². The van der Waals surface area contributed by atoms with Crippen LogP contribution in [0.3, 0.4) is 0 Å². The van der Waals surface area contributed by atoms with E-state index in [9.17, 15) is 14.4 Å². The van der Waals surface area contributed by atoms with Gasteiger partial charge in [0.25, 0.3) is 0 Å². The van der Waals surface area contributed by atoms with Crippen molar-refractivity contribution in [3.63, 3.8) is 0 Å². The molecule has 0 radical (unpaired) electrons. The second-order valence-corrected chi connectivity index (χ2v) is 8.40. The fourth-order valence-electron chi connectivity index (χ4n) is 3.92. The third-order valence-corrected chi connectivity index (χ3v) is 5.26. The highest BCUT2D eigenvalue weighted by molar-refractivity contribution is 6.07. The van der Waals surface area contributed by atoms with Crippen LogP contribution in [-0.4, -0.2) is 54.6 Å². The Morgan fingerprint density at radius 1 is 1.18 bits per heavy atom. The number of hydrogen-bond donors (Lipinski definition) is 1. The number of nitrogens with zero attached hydrogens (tertiary/aromatic N) is 2. The number of hydrogen-bond acceptors (Lipinski definition) is 4. The number of ether oxygens (including phenoxy) is 1. The lowest BCUT2D eigenvalue weighted by atomic mass is 9.97. The molecule has 1 fully saturated rings. The zero-order valence-corrected chi connectivity index (χ0v) is 17.0. The highest BCUT2D eigenvalue weighted by Gasteiger charge is 2.42. The fourth-order valence-corrected chi connectivity index (χ4v) is 3.92. The summed E-state index contributed by atoms with van der Waals surface area (Å²) < 4.78 is 5.45. The van der Waals surface area contributed by atoms with Gasteiger partial charge in [-0.15, -0.1) is 0 Å². The summed E-state index contributed by atoms with van der Waals surface area (Å²) >= 11 is 0. The summed E-state index contributed by atoms with van der Waals surface area (Å²) in [4.78, 5) is 40.9. The highest BCUT2D eigenvalue weighted by Crippen LogP contribution is 2.41. The van der Waals surface area contributed by atoms with Gasteiger partial charge in [-0.05, 0) is 45.2 Å². The summed E-state index contributed by atoms with van der Waals surface area (Å²) in [5.74, 6) is -0.615. The van der Waals surface area contributed by atoms with Crippen LogP contribution in [0.2, 0.25) is 0 Å². The molecule has 0 saturated carbocycles. The number of benzene rings is 1. The number of amides is 3. The van der Waals surface area contributed by atoms with E-state index < -0.39 is 11.5 Å². The normalized spacial score (nSPS) is 20.1. The van der Waals surface area contributed by atoms with Crippen molar-refractivity contribution in [1.82, 2.24) is 10.2 Å². The molecule has 1 saturated heterocycles. The quantitative estimate of drug-likeness (QED) is 0.865. The minimum atomic E-state index is -0.523. The van der Waals surface area contributed by atoms with Gasteiger partial charge in [0.1, 0.15) is 5.60 Å².